The van der Waals surface area contributed by atoms with E-state index in [2.05, 4.69) is 4.98 Å². The van der Waals surface area contributed by atoms with Gasteiger partial charge < -0.3 is 5.11 Å². The van der Waals surface area contributed by atoms with Gasteiger partial charge in [-0.3, -0.25) is 0 Å². The Balaban J connectivity index is 2.37. The van der Waals surface area contributed by atoms with Crippen LogP contribution in [0.25, 0.3) is 0 Å². The third-order valence-electron chi connectivity index (χ3n) is 2.55. The highest BCUT2D eigenvalue weighted by Gasteiger charge is 2.35. The number of benzene rings is 1. The highest BCUT2D eigenvalue weighted by molar-refractivity contribution is 7.11. The lowest BCUT2D eigenvalue weighted by Gasteiger charge is -2.10. The molecule has 0 bridgehead atoms. The predicted octanol–water partition coefficient (Wildman–Crippen LogP) is 3.69. The van der Waals surface area contributed by atoms with Crippen LogP contribution in [0.1, 0.15) is 27.1 Å². The van der Waals surface area contributed by atoms with Crippen molar-refractivity contribution in [3.63, 3.8) is 0 Å². The smallest absolute Gasteiger partial charge is 0.383 e. The number of hydrogen-bond donors (Lipinski definition) is 1. The Kier molecular flexibility index (Phi) is 3.60. The zero-order chi connectivity index (χ0) is 14.2. The quantitative estimate of drug-likeness (QED) is 0.856. The minimum atomic E-state index is -4.56. The summed E-state index contributed by atoms with van der Waals surface area (Å²) in [6, 6.07) is 4.38. The summed E-state index contributed by atoms with van der Waals surface area (Å²) < 4.78 is 51.0. The van der Waals surface area contributed by atoms with Crippen molar-refractivity contribution in [2.24, 2.45) is 0 Å². The molecule has 19 heavy (non-hydrogen) atoms. The number of thiazole rings is 1. The van der Waals surface area contributed by atoms with Gasteiger partial charge in [0.05, 0.1) is 4.88 Å². The van der Waals surface area contributed by atoms with Crippen molar-refractivity contribution in [3.8, 4) is 0 Å². The molecule has 0 amide bonds. The van der Waals surface area contributed by atoms with Crippen LogP contribution in [0.2, 0.25) is 0 Å². The van der Waals surface area contributed by atoms with Crippen LogP contribution in [0, 0.1) is 12.7 Å². The van der Waals surface area contributed by atoms with E-state index >= 15 is 0 Å². The van der Waals surface area contributed by atoms with Gasteiger partial charge in [0.15, 0.2) is 5.01 Å². The molecule has 2 nitrogen and oxygen atoms in total. The van der Waals surface area contributed by atoms with Crippen molar-refractivity contribution in [2.45, 2.75) is 19.2 Å². The summed E-state index contributed by atoms with van der Waals surface area (Å²) in [6.45, 7) is 1.51. The number of hydrogen-bond acceptors (Lipinski definition) is 3. The average molecular weight is 291 g/mol. The summed E-state index contributed by atoms with van der Waals surface area (Å²) in [5, 5.41) is 8.88. The van der Waals surface area contributed by atoms with E-state index in [1.165, 1.54) is 25.1 Å². The maximum atomic E-state index is 13.8. The van der Waals surface area contributed by atoms with Crippen LogP contribution in [0.15, 0.2) is 24.4 Å². The van der Waals surface area contributed by atoms with Crippen molar-refractivity contribution in [3.05, 3.63) is 51.2 Å². The van der Waals surface area contributed by atoms with Crippen LogP contribution in [-0.2, 0) is 6.18 Å². The molecule has 2 rings (SSSR count). The van der Waals surface area contributed by atoms with E-state index < -0.39 is 23.1 Å². The molecule has 0 saturated carbocycles. The molecule has 7 heteroatoms. The highest BCUT2D eigenvalue weighted by atomic mass is 32.1. The molecule has 1 N–H and O–H groups in total. The first-order valence-corrected chi connectivity index (χ1v) is 6.08. The Labute approximate surface area is 110 Å². The number of rotatable bonds is 2. The molecule has 0 aliphatic carbocycles. The average Bonchev–Trinajstić information content (AvgIpc) is 2.81. The van der Waals surface area contributed by atoms with E-state index in [4.69, 9.17) is 0 Å². The first-order valence-electron chi connectivity index (χ1n) is 5.26. The van der Waals surface area contributed by atoms with Crippen LogP contribution in [0.4, 0.5) is 17.6 Å². The molecule has 1 aromatic heterocycles. The van der Waals surface area contributed by atoms with E-state index in [9.17, 15) is 22.7 Å². The Hall–Kier alpha value is -1.47. The zero-order valence-corrected chi connectivity index (χ0v) is 10.5. The van der Waals surface area contributed by atoms with Crippen molar-refractivity contribution >= 4 is 11.3 Å². The predicted molar refractivity (Wildman–Crippen MR) is 62.3 cm³/mol. The van der Waals surface area contributed by atoms with Gasteiger partial charge in [0.2, 0.25) is 0 Å². The fourth-order valence-electron chi connectivity index (χ4n) is 1.58. The van der Waals surface area contributed by atoms with Crippen LogP contribution < -0.4 is 0 Å². The second-order valence-electron chi connectivity index (χ2n) is 3.95. The summed E-state index contributed by atoms with van der Waals surface area (Å²) in [4.78, 5) is 3.15. The molecular weight excluding hydrogens is 282 g/mol. The van der Waals surface area contributed by atoms with E-state index in [1.54, 1.807) is 0 Å². The number of nitrogens with zero attached hydrogens (tertiary/aromatic N) is 1. The van der Waals surface area contributed by atoms with Crippen molar-refractivity contribution in [1.29, 1.82) is 0 Å². The molecule has 0 fully saturated rings. The van der Waals surface area contributed by atoms with E-state index in [0.29, 0.717) is 16.9 Å². The summed E-state index contributed by atoms with van der Waals surface area (Å²) in [5.74, 6) is -0.628. The third-order valence-corrected chi connectivity index (χ3v) is 3.65. The van der Waals surface area contributed by atoms with Crippen LogP contribution >= 0.6 is 11.3 Å². The maximum absolute atomic E-state index is 13.8. The van der Waals surface area contributed by atoms with Gasteiger partial charge in [-0.05, 0) is 12.5 Å². The maximum Gasteiger partial charge on any atom is 0.443 e. The number of aliphatic hydroxyl groups excluding tert-OH is 1. The summed E-state index contributed by atoms with van der Waals surface area (Å²) in [7, 11) is 0. The van der Waals surface area contributed by atoms with Crippen LogP contribution in [0.5, 0.6) is 0 Å². The summed E-state index contributed by atoms with van der Waals surface area (Å²) in [6.07, 6.45) is -5.10. The SMILES string of the molecule is Cc1cccc(C(O)c2cnc(C(F)(F)F)s2)c1F. The number of alkyl halides is 3. The van der Waals surface area contributed by atoms with Gasteiger partial charge in [0.1, 0.15) is 11.9 Å². The monoisotopic (exact) mass is 291 g/mol. The fourth-order valence-corrected chi connectivity index (χ4v) is 2.37. The van der Waals surface area contributed by atoms with Crippen LogP contribution in [-0.4, -0.2) is 10.1 Å². The lowest BCUT2D eigenvalue weighted by Crippen LogP contribution is -2.03. The first-order chi connectivity index (χ1) is 8.80. The molecule has 1 atom stereocenters. The molecule has 0 aliphatic rings. The van der Waals surface area contributed by atoms with Crippen LogP contribution in [0.3, 0.4) is 0 Å². The summed E-state index contributed by atoms with van der Waals surface area (Å²) >= 11 is 0.305. The molecule has 102 valence electrons. The Bertz CT molecular complexity index is 594. The molecule has 1 heterocycles. The van der Waals surface area contributed by atoms with E-state index in [-0.39, 0.29) is 10.4 Å². The van der Waals surface area contributed by atoms with Crippen molar-refractivity contribution < 1.29 is 22.7 Å². The normalized spacial score (nSPS) is 13.6. The van der Waals surface area contributed by atoms with E-state index in [1.807, 2.05) is 0 Å². The van der Waals surface area contributed by atoms with Gasteiger partial charge in [0, 0.05) is 11.8 Å². The summed E-state index contributed by atoms with van der Waals surface area (Å²) in [5.41, 5.74) is 0.259. The number of halogens is 4. The second-order valence-corrected chi connectivity index (χ2v) is 5.01. The standard InChI is InChI=1S/C12H9F4NOS/c1-6-3-2-4-7(9(6)13)10(18)8-5-17-11(19-8)12(14,15)16/h2-5,10,18H,1H3. The first kappa shape index (κ1) is 14.0. The Morgan fingerprint density at radius 2 is 2.00 bits per heavy atom. The van der Waals surface area contributed by atoms with E-state index in [0.717, 1.165) is 6.20 Å². The molecule has 0 saturated heterocycles. The Morgan fingerprint density at radius 3 is 2.58 bits per heavy atom. The topological polar surface area (TPSA) is 33.1 Å². The number of aryl methyl sites for hydroxylation is 1. The number of aliphatic hydroxyl groups is 1. The van der Waals surface area contributed by atoms with Gasteiger partial charge >= 0.3 is 6.18 Å². The lowest BCUT2D eigenvalue weighted by atomic mass is 10.0. The molecule has 0 radical (unpaired) electrons. The molecule has 1 unspecified atom stereocenters. The number of aromatic nitrogens is 1. The van der Waals surface area contributed by atoms with Gasteiger partial charge in [-0.15, -0.1) is 11.3 Å². The third kappa shape index (κ3) is 2.76. The second kappa shape index (κ2) is 4.90. The molecule has 1 aromatic carbocycles. The minimum Gasteiger partial charge on any atom is -0.383 e. The highest BCUT2D eigenvalue weighted by Crippen LogP contribution is 2.36. The lowest BCUT2D eigenvalue weighted by molar-refractivity contribution is -0.137. The molecule has 0 aliphatic heterocycles. The minimum absolute atomic E-state index is 0.0446. The molecule has 2 aromatic rings. The fraction of sp³-hybridized carbons (Fsp3) is 0.250. The van der Waals surface area contributed by atoms with Crippen molar-refractivity contribution in [1.82, 2.24) is 4.98 Å². The van der Waals surface area contributed by atoms with Gasteiger partial charge in [-0.2, -0.15) is 13.2 Å². The molecule has 0 spiro atoms. The largest absolute Gasteiger partial charge is 0.443 e. The zero-order valence-electron chi connectivity index (χ0n) is 9.70. The van der Waals surface area contributed by atoms with Gasteiger partial charge in [-0.1, -0.05) is 18.2 Å². The molecular formula is C12H9F4NOS. The van der Waals surface area contributed by atoms with Crippen molar-refractivity contribution in [2.75, 3.05) is 0 Å². The van der Waals surface area contributed by atoms with Gasteiger partial charge in [-0.25, -0.2) is 9.37 Å². The Morgan fingerprint density at radius 1 is 1.32 bits per heavy atom. The van der Waals surface area contributed by atoms with Gasteiger partial charge in [0.25, 0.3) is 0 Å².